The molecule has 1 unspecified atom stereocenters. The Labute approximate surface area is 260 Å². The van der Waals surface area contributed by atoms with Gasteiger partial charge in [-0.2, -0.15) is 0 Å². The van der Waals surface area contributed by atoms with Crippen molar-refractivity contribution in [1.29, 1.82) is 0 Å². The molecule has 0 radical (unpaired) electrons. The Balaban J connectivity index is 1.53. The van der Waals surface area contributed by atoms with E-state index < -0.39 is 6.09 Å². The van der Waals surface area contributed by atoms with Crippen molar-refractivity contribution in [3.63, 3.8) is 0 Å². The maximum Gasteiger partial charge on any atom is 0.404 e. The van der Waals surface area contributed by atoms with Crippen molar-refractivity contribution in [1.82, 2.24) is 15.1 Å². The highest BCUT2D eigenvalue weighted by atomic mass is 16.5. The molecule has 1 aliphatic heterocycles. The number of carbonyl (C=O) groups is 1. The number of amides is 1. The van der Waals surface area contributed by atoms with Crippen LogP contribution in [0, 0.1) is 5.41 Å². The van der Waals surface area contributed by atoms with Gasteiger partial charge in [0.05, 0.1) is 7.11 Å². The molecule has 3 rings (SSSR count). The van der Waals surface area contributed by atoms with Gasteiger partial charge in [0.25, 0.3) is 0 Å². The summed E-state index contributed by atoms with van der Waals surface area (Å²) in [7, 11) is 1.77. The van der Waals surface area contributed by atoms with Crippen LogP contribution in [0.1, 0.15) is 97.1 Å². The van der Waals surface area contributed by atoms with Crippen LogP contribution in [-0.2, 0) is 6.54 Å². The van der Waals surface area contributed by atoms with Crippen LogP contribution in [0.4, 0.5) is 4.79 Å². The lowest BCUT2D eigenvalue weighted by Crippen LogP contribution is -2.50. The SMILES string of the molecule is COc1ccccc1C1CCN(CCCCCCN(Cc2ccccc2OC(C)(C)C)C(CNC(=O)O)C(C)(C)C)CC1. The van der Waals surface area contributed by atoms with E-state index in [1.54, 1.807) is 7.11 Å². The van der Waals surface area contributed by atoms with E-state index in [1.807, 2.05) is 18.2 Å². The number of hydrogen-bond acceptors (Lipinski definition) is 5. The van der Waals surface area contributed by atoms with E-state index in [0.717, 1.165) is 62.6 Å². The number of benzene rings is 2. The van der Waals surface area contributed by atoms with Crippen LogP contribution in [0.2, 0.25) is 0 Å². The summed E-state index contributed by atoms with van der Waals surface area (Å²) in [4.78, 5) is 16.5. The first-order valence-electron chi connectivity index (χ1n) is 16.2. The number of ether oxygens (including phenoxy) is 2. The normalized spacial score (nSPS) is 15.8. The van der Waals surface area contributed by atoms with E-state index >= 15 is 0 Å². The van der Waals surface area contributed by atoms with E-state index in [-0.39, 0.29) is 17.1 Å². The Hall–Kier alpha value is -2.77. The minimum Gasteiger partial charge on any atom is -0.496 e. The van der Waals surface area contributed by atoms with Gasteiger partial charge < -0.3 is 24.8 Å². The van der Waals surface area contributed by atoms with Gasteiger partial charge in [-0.15, -0.1) is 0 Å². The van der Waals surface area contributed by atoms with Crippen molar-refractivity contribution in [2.45, 2.75) is 104 Å². The van der Waals surface area contributed by atoms with Crippen LogP contribution in [-0.4, -0.2) is 72.5 Å². The highest BCUT2D eigenvalue weighted by Crippen LogP contribution is 2.34. The third kappa shape index (κ3) is 11.7. The summed E-state index contributed by atoms with van der Waals surface area (Å²) in [6.07, 6.45) is 6.07. The molecule has 7 heteroatoms. The molecule has 2 aromatic rings. The fraction of sp³-hybridized carbons (Fsp3) is 0.639. The lowest BCUT2D eigenvalue weighted by molar-refractivity contribution is 0.0828. The van der Waals surface area contributed by atoms with E-state index in [0.29, 0.717) is 12.5 Å². The van der Waals surface area contributed by atoms with Crippen LogP contribution in [0.5, 0.6) is 11.5 Å². The number of hydrogen-bond donors (Lipinski definition) is 2. The highest BCUT2D eigenvalue weighted by Gasteiger charge is 2.31. The van der Waals surface area contributed by atoms with Crippen molar-refractivity contribution in [3.8, 4) is 11.5 Å². The summed E-state index contributed by atoms with van der Waals surface area (Å²) in [5, 5.41) is 12.1. The minimum atomic E-state index is -0.974. The number of likely N-dealkylation sites (tertiary alicyclic amines) is 1. The zero-order valence-electron chi connectivity index (χ0n) is 27.8. The molecule has 2 N–H and O–H groups in total. The van der Waals surface area contributed by atoms with E-state index in [4.69, 9.17) is 9.47 Å². The summed E-state index contributed by atoms with van der Waals surface area (Å²) in [6.45, 7) is 18.3. The Bertz CT molecular complexity index is 1120. The molecule has 0 spiro atoms. The molecule has 7 nitrogen and oxygen atoms in total. The summed E-state index contributed by atoms with van der Waals surface area (Å²) in [5.74, 6) is 2.50. The summed E-state index contributed by atoms with van der Waals surface area (Å²) < 4.78 is 11.9. The van der Waals surface area contributed by atoms with Gasteiger partial charge in [-0.1, -0.05) is 70.0 Å². The monoisotopic (exact) mass is 595 g/mol. The summed E-state index contributed by atoms with van der Waals surface area (Å²) in [6, 6.07) is 16.8. The van der Waals surface area contributed by atoms with Gasteiger partial charge in [0, 0.05) is 24.7 Å². The van der Waals surface area contributed by atoms with Crippen LogP contribution in [0.25, 0.3) is 0 Å². The molecular formula is C36H57N3O4. The van der Waals surface area contributed by atoms with Gasteiger partial charge in [-0.3, -0.25) is 4.90 Å². The molecule has 1 fully saturated rings. The average molecular weight is 596 g/mol. The summed E-state index contributed by atoms with van der Waals surface area (Å²) in [5.41, 5.74) is 2.10. The number of nitrogens with zero attached hydrogens (tertiary/aromatic N) is 2. The quantitative estimate of drug-likeness (QED) is 0.205. The molecule has 2 aromatic carbocycles. The smallest absolute Gasteiger partial charge is 0.404 e. The van der Waals surface area contributed by atoms with Gasteiger partial charge >= 0.3 is 6.09 Å². The second-order valence-electron chi connectivity index (χ2n) is 14.1. The molecule has 1 atom stereocenters. The third-order valence-corrected chi connectivity index (χ3v) is 8.49. The molecule has 240 valence electrons. The molecule has 0 aliphatic carbocycles. The van der Waals surface area contributed by atoms with Gasteiger partial charge in [0.1, 0.15) is 17.1 Å². The number of para-hydroxylation sites is 2. The first-order valence-corrected chi connectivity index (χ1v) is 16.2. The molecule has 1 heterocycles. The first-order chi connectivity index (χ1) is 20.4. The third-order valence-electron chi connectivity index (χ3n) is 8.49. The second kappa shape index (κ2) is 16.3. The van der Waals surface area contributed by atoms with Crippen molar-refractivity contribution < 1.29 is 19.4 Å². The Morgan fingerprint density at radius 2 is 1.58 bits per heavy atom. The molecule has 0 saturated carbocycles. The van der Waals surface area contributed by atoms with Gasteiger partial charge in [0.2, 0.25) is 0 Å². The Morgan fingerprint density at radius 3 is 2.21 bits per heavy atom. The van der Waals surface area contributed by atoms with Crippen LogP contribution in [0.3, 0.4) is 0 Å². The standard InChI is InChI=1S/C36H57N3O4/c1-35(2,3)33(26-37-34(40)41)39(27-29-16-10-12-18-31(29)43-36(4,5)6)23-15-9-8-14-22-38-24-20-28(21-25-38)30-17-11-13-19-32(30)42-7/h10-13,16-19,28,33,37H,8-9,14-15,20-27H2,1-7H3,(H,40,41). The topological polar surface area (TPSA) is 74.3 Å². The van der Waals surface area contributed by atoms with E-state index in [1.165, 1.54) is 31.2 Å². The van der Waals surface area contributed by atoms with Crippen molar-refractivity contribution in [2.75, 3.05) is 39.8 Å². The van der Waals surface area contributed by atoms with Crippen molar-refractivity contribution in [3.05, 3.63) is 59.7 Å². The molecule has 1 aliphatic rings. The predicted octanol–water partition coefficient (Wildman–Crippen LogP) is 7.80. The number of methoxy groups -OCH3 is 1. The maximum absolute atomic E-state index is 11.4. The van der Waals surface area contributed by atoms with Gasteiger partial charge in [-0.05, 0) is 102 Å². The van der Waals surface area contributed by atoms with Gasteiger partial charge in [-0.25, -0.2) is 4.79 Å². The molecule has 43 heavy (non-hydrogen) atoms. The van der Waals surface area contributed by atoms with E-state index in [2.05, 4.69) is 87.0 Å². The van der Waals surface area contributed by atoms with E-state index in [9.17, 15) is 9.90 Å². The lowest BCUT2D eigenvalue weighted by Gasteiger charge is -2.41. The van der Waals surface area contributed by atoms with Crippen LogP contribution in [0.15, 0.2) is 48.5 Å². The van der Waals surface area contributed by atoms with Crippen molar-refractivity contribution in [2.24, 2.45) is 5.41 Å². The summed E-state index contributed by atoms with van der Waals surface area (Å²) >= 11 is 0. The number of carboxylic acid groups (broad SMARTS) is 1. The Morgan fingerprint density at radius 1 is 0.953 bits per heavy atom. The number of nitrogens with one attached hydrogen (secondary N) is 1. The first kappa shape index (κ1) is 34.7. The largest absolute Gasteiger partial charge is 0.496 e. The van der Waals surface area contributed by atoms with Crippen LogP contribution < -0.4 is 14.8 Å². The number of piperidine rings is 1. The molecule has 0 aromatic heterocycles. The lowest BCUT2D eigenvalue weighted by atomic mass is 9.85. The fourth-order valence-electron chi connectivity index (χ4n) is 6.27. The highest BCUT2D eigenvalue weighted by molar-refractivity contribution is 5.64. The molecule has 0 bridgehead atoms. The predicted molar refractivity (Wildman–Crippen MR) is 176 cm³/mol. The average Bonchev–Trinajstić information content (AvgIpc) is 2.94. The van der Waals surface area contributed by atoms with Crippen LogP contribution >= 0.6 is 0 Å². The van der Waals surface area contributed by atoms with Gasteiger partial charge in [0.15, 0.2) is 0 Å². The Kier molecular flexibility index (Phi) is 13.2. The zero-order valence-corrected chi connectivity index (χ0v) is 27.8. The molecule has 1 amide bonds. The second-order valence-corrected chi connectivity index (χ2v) is 14.1. The molecular weight excluding hydrogens is 538 g/mol. The van der Waals surface area contributed by atoms with Crippen molar-refractivity contribution >= 4 is 6.09 Å². The number of unbranched alkanes of at least 4 members (excludes halogenated alkanes) is 3. The zero-order chi connectivity index (χ0) is 31.5. The maximum atomic E-state index is 11.4. The fourth-order valence-corrected chi connectivity index (χ4v) is 6.27. The molecule has 1 saturated heterocycles. The minimum absolute atomic E-state index is 0.0517. The number of rotatable bonds is 15.